The third kappa shape index (κ3) is 7.04. The first kappa shape index (κ1) is 32.6. The van der Waals surface area contributed by atoms with E-state index in [4.69, 9.17) is 4.74 Å². The Morgan fingerprint density at radius 3 is 2.11 bits per heavy atom. The molecule has 0 aliphatic carbocycles. The predicted octanol–water partition coefficient (Wildman–Crippen LogP) is 4.05. The SMILES string of the molecule is CC(C)C1C(=O)N(CC(=O)N[C@@H](Cc2ccccc2)C(=O)C2=NC(C)(C)CO2)C(c2ccccc2)=CN1S(=O)(=O)c1ccccc1. The molecule has 1 unspecified atom stereocenters. The summed E-state index contributed by atoms with van der Waals surface area (Å²) in [7, 11) is -4.13. The van der Waals surface area contributed by atoms with Crippen LogP contribution in [0.15, 0.2) is 107 Å². The summed E-state index contributed by atoms with van der Waals surface area (Å²) in [6, 6.07) is 23.9. The molecule has 1 N–H and O–H groups in total. The van der Waals surface area contributed by atoms with Crippen LogP contribution in [0.1, 0.15) is 38.8 Å². The minimum atomic E-state index is -4.13. The molecule has 3 aromatic rings. The van der Waals surface area contributed by atoms with E-state index in [9.17, 15) is 22.8 Å². The van der Waals surface area contributed by atoms with E-state index in [0.29, 0.717) is 5.56 Å². The van der Waals surface area contributed by atoms with Gasteiger partial charge in [-0.3, -0.25) is 23.6 Å². The number of hydrogen-bond acceptors (Lipinski definition) is 7. The van der Waals surface area contributed by atoms with Gasteiger partial charge in [0.2, 0.25) is 11.7 Å². The molecule has 240 valence electrons. The number of carbonyl (C=O) groups excluding carboxylic acids is 3. The number of benzene rings is 3. The van der Waals surface area contributed by atoms with Crippen LogP contribution < -0.4 is 5.32 Å². The second-order valence-corrected chi connectivity index (χ2v) is 14.2. The summed E-state index contributed by atoms with van der Waals surface area (Å²) < 4.78 is 34.5. The Hall–Kier alpha value is -4.77. The zero-order valence-electron chi connectivity index (χ0n) is 26.3. The van der Waals surface area contributed by atoms with E-state index in [1.165, 1.54) is 23.2 Å². The van der Waals surface area contributed by atoms with Crippen molar-refractivity contribution in [3.63, 3.8) is 0 Å². The van der Waals surface area contributed by atoms with Crippen LogP contribution in [0.5, 0.6) is 0 Å². The van der Waals surface area contributed by atoms with Gasteiger partial charge in [0.15, 0.2) is 0 Å². The molecule has 2 aliphatic heterocycles. The minimum Gasteiger partial charge on any atom is -0.473 e. The first-order valence-corrected chi connectivity index (χ1v) is 16.6. The van der Waals surface area contributed by atoms with Crippen LogP contribution in [0, 0.1) is 5.92 Å². The Morgan fingerprint density at radius 1 is 0.957 bits per heavy atom. The van der Waals surface area contributed by atoms with E-state index in [1.807, 2.05) is 44.2 Å². The Labute approximate surface area is 269 Å². The average molecular weight is 643 g/mol. The maximum Gasteiger partial charge on any atom is 0.264 e. The van der Waals surface area contributed by atoms with Gasteiger partial charge in [-0.2, -0.15) is 0 Å². The lowest BCUT2D eigenvalue weighted by Crippen LogP contribution is -2.57. The third-order valence-electron chi connectivity index (χ3n) is 7.77. The lowest BCUT2D eigenvalue weighted by molar-refractivity contribution is -0.137. The summed E-state index contributed by atoms with van der Waals surface area (Å²) in [5, 5.41) is 2.82. The largest absolute Gasteiger partial charge is 0.473 e. The number of ether oxygens (including phenoxy) is 1. The molecule has 0 spiro atoms. The zero-order chi connectivity index (χ0) is 33.1. The summed E-state index contributed by atoms with van der Waals surface area (Å²) in [4.78, 5) is 47.4. The Kier molecular flexibility index (Phi) is 9.43. The molecular formula is C35H38N4O6S. The van der Waals surface area contributed by atoms with Gasteiger partial charge in [-0.25, -0.2) is 13.4 Å². The summed E-state index contributed by atoms with van der Waals surface area (Å²) >= 11 is 0. The first-order valence-electron chi connectivity index (χ1n) is 15.1. The lowest BCUT2D eigenvalue weighted by atomic mass is 9.99. The number of hydrogen-bond donors (Lipinski definition) is 1. The zero-order valence-corrected chi connectivity index (χ0v) is 27.1. The van der Waals surface area contributed by atoms with E-state index >= 15 is 0 Å². The number of Topliss-reactive ketones (excluding diaryl/α,β-unsaturated/α-hetero) is 1. The van der Waals surface area contributed by atoms with Crippen molar-refractivity contribution >= 4 is 39.2 Å². The number of rotatable bonds is 11. The molecule has 11 heteroatoms. The summed E-state index contributed by atoms with van der Waals surface area (Å²) in [6.07, 6.45) is 1.61. The molecule has 0 bridgehead atoms. The van der Waals surface area contributed by atoms with Gasteiger partial charge in [0, 0.05) is 12.6 Å². The van der Waals surface area contributed by atoms with Crippen LogP contribution in [-0.4, -0.2) is 71.9 Å². The molecular weight excluding hydrogens is 604 g/mol. The van der Waals surface area contributed by atoms with Gasteiger partial charge in [-0.05, 0) is 43.0 Å². The van der Waals surface area contributed by atoms with E-state index in [2.05, 4.69) is 10.3 Å². The molecule has 0 radical (unpaired) electrons. The minimum absolute atomic E-state index is 0.0470. The lowest BCUT2D eigenvalue weighted by Gasteiger charge is -2.41. The number of sulfonamides is 1. The van der Waals surface area contributed by atoms with Crippen LogP contribution in [0.2, 0.25) is 0 Å². The van der Waals surface area contributed by atoms with E-state index in [-0.39, 0.29) is 29.5 Å². The van der Waals surface area contributed by atoms with Crippen LogP contribution >= 0.6 is 0 Å². The van der Waals surface area contributed by atoms with Crippen LogP contribution in [0.25, 0.3) is 5.70 Å². The van der Waals surface area contributed by atoms with Crippen molar-refractivity contribution in [1.29, 1.82) is 0 Å². The number of carbonyl (C=O) groups is 3. The van der Waals surface area contributed by atoms with E-state index < -0.39 is 57.7 Å². The van der Waals surface area contributed by atoms with Gasteiger partial charge in [0.1, 0.15) is 25.2 Å². The number of aliphatic imine (C=N–C) groups is 1. The molecule has 2 heterocycles. The molecule has 2 aliphatic rings. The molecule has 2 atom stereocenters. The third-order valence-corrected chi connectivity index (χ3v) is 9.52. The van der Waals surface area contributed by atoms with Crippen molar-refractivity contribution in [1.82, 2.24) is 14.5 Å². The average Bonchev–Trinajstić information content (AvgIpc) is 3.41. The van der Waals surface area contributed by atoms with Crippen molar-refractivity contribution in [2.75, 3.05) is 13.2 Å². The number of nitrogens with one attached hydrogen (secondary N) is 1. The molecule has 0 saturated carbocycles. The second-order valence-electron chi connectivity index (χ2n) is 12.3. The highest BCUT2D eigenvalue weighted by molar-refractivity contribution is 7.89. The number of nitrogens with zero attached hydrogens (tertiary/aromatic N) is 3. The van der Waals surface area contributed by atoms with Crippen molar-refractivity contribution in [2.24, 2.45) is 10.9 Å². The van der Waals surface area contributed by atoms with Gasteiger partial charge in [-0.15, -0.1) is 0 Å². The van der Waals surface area contributed by atoms with Gasteiger partial charge >= 0.3 is 0 Å². The number of ketones is 1. The topological polar surface area (TPSA) is 125 Å². The fraction of sp³-hybridized carbons (Fsp3) is 0.314. The van der Waals surface area contributed by atoms with Gasteiger partial charge in [0.05, 0.1) is 16.1 Å². The molecule has 0 aromatic heterocycles. The fourth-order valence-electron chi connectivity index (χ4n) is 5.47. The highest BCUT2D eigenvalue weighted by Crippen LogP contribution is 2.33. The van der Waals surface area contributed by atoms with Crippen molar-refractivity contribution in [2.45, 2.75) is 56.6 Å². The Morgan fingerprint density at radius 2 is 1.54 bits per heavy atom. The monoisotopic (exact) mass is 642 g/mol. The van der Waals surface area contributed by atoms with Gasteiger partial charge < -0.3 is 10.1 Å². The second kappa shape index (κ2) is 13.3. The molecule has 0 saturated heterocycles. The molecule has 2 amide bonds. The summed E-state index contributed by atoms with van der Waals surface area (Å²) in [5.41, 5.74) is 1.04. The number of amides is 2. The molecule has 5 rings (SSSR count). The maximum atomic E-state index is 14.3. The Bertz CT molecular complexity index is 1760. The van der Waals surface area contributed by atoms with Gasteiger partial charge in [0.25, 0.3) is 21.8 Å². The van der Waals surface area contributed by atoms with Crippen molar-refractivity contribution in [3.8, 4) is 0 Å². The summed E-state index contributed by atoms with van der Waals surface area (Å²) in [6.45, 7) is 7.02. The standard InChI is InChI=1S/C35H38N4O6S/c1-24(2)31-34(42)38(29(26-16-10-6-11-17-26)21-39(31)46(43,44)27-18-12-7-13-19-27)22-30(40)36-28(20-25-14-8-5-9-15-25)32(41)33-37-35(3,4)23-45-33/h5-19,21,24,28,31H,20,22-23H2,1-4H3,(H,36,40)/t28-,31?/m0/s1. The maximum absolute atomic E-state index is 14.3. The molecule has 46 heavy (non-hydrogen) atoms. The quantitative estimate of drug-likeness (QED) is 0.337. The predicted molar refractivity (Wildman–Crippen MR) is 175 cm³/mol. The first-order chi connectivity index (χ1) is 21.9. The van der Waals surface area contributed by atoms with E-state index in [0.717, 1.165) is 9.87 Å². The normalized spacial score (nSPS) is 18.5. The van der Waals surface area contributed by atoms with Gasteiger partial charge in [-0.1, -0.05) is 92.7 Å². The highest BCUT2D eigenvalue weighted by atomic mass is 32.2. The molecule has 3 aromatic carbocycles. The fourth-order valence-corrected chi connectivity index (χ4v) is 7.09. The van der Waals surface area contributed by atoms with Crippen LogP contribution in [0.4, 0.5) is 0 Å². The van der Waals surface area contributed by atoms with E-state index in [1.54, 1.807) is 62.4 Å². The molecule has 0 fully saturated rings. The van der Waals surface area contributed by atoms with Crippen LogP contribution in [-0.2, 0) is 35.6 Å². The van der Waals surface area contributed by atoms with Crippen molar-refractivity contribution in [3.05, 3.63) is 108 Å². The summed E-state index contributed by atoms with van der Waals surface area (Å²) in [5.74, 6) is -2.09. The van der Waals surface area contributed by atoms with Crippen LogP contribution in [0.3, 0.4) is 0 Å². The van der Waals surface area contributed by atoms with Crippen molar-refractivity contribution < 1.29 is 27.5 Å². The smallest absolute Gasteiger partial charge is 0.264 e. The highest BCUT2D eigenvalue weighted by Gasteiger charge is 2.44. The molecule has 10 nitrogen and oxygen atoms in total. The Balaban J connectivity index is 1.49.